The Labute approximate surface area is 647 Å². The van der Waals surface area contributed by atoms with Crippen LogP contribution in [0.2, 0.25) is 0 Å². The molecule has 576 valence electrons. The van der Waals surface area contributed by atoms with Crippen LogP contribution in [0.25, 0.3) is 0 Å². The minimum absolute atomic E-state index is 0.0454. The molecular formula is C60H152N8O10S14. The maximum Gasteiger partial charge on any atom is 0.253 e. The van der Waals surface area contributed by atoms with Crippen molar-refractivity contribution >= 4 is 223 Å². The molecule has 2 rings (SSSR count). The summed E-state index contributed by atoms with van der Waals surface area (Å²) in [6.45, 7) is 34.8. The Morgan fingerprint density at radius 1 is 0.413 bits per heavy atom. The Bertz CT molecular complexity index is 1210. The van der Waals surface area contributed by atoms with Crippen molar-refractivity contribution in [2.45, 2.75) is 174 Å². The number of carbonyl (C=O) groups excluding carboxylic acids is 8. The van der Waals surface area contributed by atoms with Crippen molar-refractivity contribution in [2.24, 2.45) is 0 Å². The number of thiol groups is 13. The van der Waals surface area contributed by atoms with Crippen molar-refractivity contribution in [1.82, 2.24) is 42.1 Å². The van der Waals surface area contributed by atoms with E-state index in [1.807, 2.05) is 55.4 Å². The number of rotatable bonds is 21. The van der Waals surface area contributed by atoms with Gasteiger partial charge >= 0.3 is 0 Å². The molecule has 0 spiro atoms. The number of nitrogens with zero attached hydrogens (tertiary/aromatic N) is 2. The number of ether oxygens (including phenoxy) is 2. The highest BCUT2D eigenvalue weighted by atomic mass is 32.2. The summed E-state index contributed by atoms with van der Waals surface area (Å²) >= 11 is 47.2. The van der Waals surface area contributed by atoms with Gasteiger partial charge in [0, 0.05) is 71.7 Å². The van der Waals surface area contributed by atoms with E-state index >= 15 is 0 Å². The summed E-state index contributed by atoms with van der Waals surface area (Å²) in [6, 6.07) is 0. The molecule has 8 amide bonds. The van der Waals surface area contributed by atoms with Gasteiger partial charge in [0.25, 0.3) is 11.8 Å². The van der Waals surface area contributed by atoms with Gasteiger partial charge in [0.1, 0.15) is 0 Å². The number of hydrazine groups is 2. The third kappa shape index (κ3) is 169. The summed E-state index contributed by atoms with van der Waals surface area (Å²) in [7, 11) is 3.19. The van der Waals surface area contributed by atoms with Crippen LogP contribution in [0, 0.1) is 0 Å². The molecule has 1 atom stereocenters. The average molecular weight is 1590 g/mol. The average Bonchev–Trinajstić information content (AvgIpc) is 2.46. The van der Waals surface area contributed by atoms with E-state index in [9.17, 15) is 38.4 Å². The van der Waals surface area contributed by atoms with Gasteiger partial charge in [-0.1, -0.05) is 136 Å². The van der Waals surface area contributed by atoms with Crippen molar-refractivity contribution in [1.29, 1.82) is 0 Å². The zero-order valence-electron chi connectivity index (χ0n) is 64.0. The third-order valence-electron chi connectivity index (χ3n) is 6.13. The van der Waals surface area contributed by atoms with Crippen LogP contribution in [-0.2, 0) is 47.8 Å². The molecule has 6 N–H and O–H groups in total. The smallest absolute Gasteiger partial charge is 0.253 e. The highest BCUT2D eigenvalue weighted by molar-refractivity contribution is 8.00. The topological polar surface area (TPSA) is 234 Å². The minimum Gasteiger partial charge on any atom is -0.379 e. The molecule has 0 aromatic carbocycles. The Morgan fingerprint density at radius 3 is 0.848 bits per heavy atom. The lowest BCUT2D eigenvalue weighted by Crippen LogP contribution is -2.36. The number of imide groups is 2. The van der Waals surface area contributed by atoms with E-state index in [4.69, 9.17) is 9.47 Å². The van der Waals surface area contributed by atoms with Gasteiger partial charge in [-0.3, -0.25) is 59.0 Å². The zero-order chi connectivity index (χ0) is 79.1. The molecule has 0 aliphatic carbocycles. The Balaban J connectivity index is -0.0000000354. The molecule has 0 radical (unpaired) electrons. The van der Waals surface area contributed by atoms with Crippen molar-refractivity contribution in [3.05, 3.63) is 12.2 Å². The predicted octanol–water partition coefficient (Wildman–Crippen LogP) is 13.6. The number of carbonyl (C=O) groups is 8. The normalized spacial score (nSPS) is 9.64. The van der Waals surface area contributed by atoms with Gasteiger partial charge in [-0.25, -0.2) is 10.9 Å². The van der Waals surface area contributed by atoms with E-state index in [2.05, 4.69) is 252 Å². The second-order valence-electron chi connectivity index (χ2n) is 12.3. The number of hydrogen-bond donors (Lipinski definition) is 19. The number of nitrogens with one attached hydrogen (secondary N) is 6. The molecule has 0 saturated carbocycles. The largest absolute Gasteiger partial charge is 0.379 e. The Kier molecular flexibility index (Phi) is 326. The molecule has 1 fully saturated rings. The second-order valence-corrected chi connectivity index (χ2v) is 13.4. The molecule has 2 heterocycles. The van der Waals surface area contributed by atoms with E-state index in [0.717, 1.165) is 9.80 Å². The summed E-state index contributed by atoms with van der Waals surface area (Å²) in [5.41, 5.74) is 9.84. The van der Waals surface area contributed by atoms with E-state index < -0.39 is 11.8 Å². The molecule has 0 bridgehead atoms. The van der Waals surface area contributed by atoms with Crippen LogP contribution in [-0.4, -0.2) is 217 Å². The molecule has 0 aromatic heterocycles. The highest BCUT2D eigenvalue weighted by Gasteiger charge is 2.37. The van der Waals surface area contributed by atoms with Crippen molar-refractivity contribution in [2.75, 3.05) is 154 Å². The van der Waals surface area contributed by atoms with Crippen LogP contribution in [0.5, 0.6) is 0 Å². The first-order chi connectivity index (χ1) is 44.7. The number of hydrogen-bond acceptors (Lipinski definition) is 26. The van der Waals surface area contributed by atoms with Crippen LogP contribution in [0.4, 0.5) is 0 Å². The maximum atomic E-state index is 11.9. The first-order valence-electron chi connectivity index (χ1n) is 30.0. The fourth-order valence-electron chi connectivity index (χ4n) is 3.79. The van der Waals surface area contributed by atoms with E-state index in [1.54, 1.807) is 102 Å². The molecule has 0 aromatic rings. The van der Waals surface area contributed by atoms with E-state index in [0.29, 0.717) is 13.1 Å². The van der Waals surface area contributed by atoms with Gasteiger partial charge in [0.05, 0.1) is 44.5 Å². The van der Waals surface area contributed by atoms with Crippen LogP contribution >= 0.6 is 176 Å². The first kappa shape index (κ1) is 152. The Morgan fingerprint density at radius 2 is 0.641 bits per heavy atom. The molecule has 32 heteroatoms. The van der Waals surface area contributed by atoms with Crippen LogP contribution in [0.15, 0.2) is 12.2 Å². The quantitative estimate of drug-likeness (QED) is 0.0222. The van der Waals surface area contributed by atoms with Crippen LogP contribution < -0.4 is 32.3 Å². The first-order valence-corrected chi connectivity index (χ1v) is 42.9. The molecule has 2 aliphatic rings. The van der Waals surface area contributed by atoms with Gasteiger partial charge in [-0.15, -0.1) is 0 Å². The lowest BCUT2D eigenvalue weighted by Gasteiger charge is -2.14. The van der Waals surface area contributed by atoms with Gasteiger partial charge in [0.15, 0.2) is 0 Å². The summed E-state index contributed by atoms with van der Waals surface area (Å²) in [5, 5.41) is 4.92. The highest BCUT2D eigenvalue weighted by Crippen LogP contribution is 2.23. The molecule has 92 heavy (non-hydrogen) atoms. The SMILES string of the molecule is CC.CC.CC.CC.CCC.CCC.CCC.CCC.CNNC(=O)CCOCCNC(=O)CCN1C(=O)C=CC1=O.CNNC(=O)CCOCCNC(=O)CCN1C(=O)CC(SC)C1=O.CS.CS.CS.CS.CS.CS.CS.CS.CS.CS.CS.CS.CS. The third-order valence-corrected chi connectivity index (χ3v) is 7.06. The summed E-state index contributed by atoms with van der Waals surface area (Å²) in [4.78, 5) is 93.7. The molecule has 1 saturated heterocycles. The van der Waals surface area contributed by atoms with Gasteiger partial charge in [-0.2, -0.15) is 176 Å². The van der Waals surface area contributed by atoms with Crippen molar-refractivity contribution < 1.29 is 47.8 Å². The fourth-order valence-corrected chi connectivity index (χ4v) is 4.43. The Hall–Kier alpha value is 0.640. The van der Waals surface area contributed by atoms with Gasteiger partial charge in [-0.05, 0) is 87.6 Å². The van der Waals surface area contributed by atoms with E-state index in [-0.39, 0.29) is 112 Å². The second kappa shape index (κ2) is 198. The lowest BCUT2D eigenvalue weighted by atomic mass is 10.3. The van der Waals surface area contributed by atoms with Crippen molar-refractivity contribution in [3.63, 3.8) is 0 Å². The van der Waals surface area contributed by atoms with Gasteiger partial charge < -0.3 is 20.1 Å². The van der Waals surface area contributed by atoms with Crippen molar-refractivity contribution in [3.8, 4) is 0 Å². The minimum atomic E-state index is -0.402. The molecule has 2 aliphatic heterocycles. The summed E-state index contributed by atoms with van der Waals surface area (Å²) in [6.07, 6.45) is 31.9. The monoisotopic (exact) mass is 1590 g/mol. The fraction of sp³-hybridized carbons (Fsp3) is 0.833. The summed E-state index contributed by atoms with van der Waals surface area (Å²) in [5.74, 6) is -2.13. The number of amides is 8. The number of likely N-dealkylation sites (tertiary alicyclic amines) is 1. The lowest BCUT2D eigenvalue weighted by molar-refractivity contribution is -0.140. The molecule has 1 unspecified atom stereocenters. The van der Waals surface area contributed by atoms with Gasteiger partial charge in [0.2, 0.25) is 35.4 Å². The van der Waals surface area contributed by atoms with E-state index in [1.165, 1.54) is 49.6 Å². The zero-order valence-corrected chi connectivity index (χ0v) is 76.4. The predicted molar refractivity (Wildman–Crippen MR) is 468 cm³/mol. The maximum absolute atomic E-state index is 11.9. The van der Waals surface area contributed by atoms with Crippen LogP contribution in [0.3, 0.4) is 0 Å². The standard InChI is InChI=1S/C14H24N4O5S.C13H20N4O5.4C3H8.4C2H6.13CH4S/c1-15-17-12(20)4-7-23-8-5-16-11(19)3-6-18-13(21)9-10(24-2)14(18)22;1-14-16-11(19)5-8-22-9-6-15-10(18)4-7-17-12(20)2-3-13(17)21;4*1-3-2;17*1-2/h10,15H,3-9H2,1-2H3,(H,16,19)(H,17,20);2-3,14H,4-9H2,1H3,(H,15,18)(H,16,19);4*3H2,1-2H3;4*1-2H3;13*2H,1H3. The summed E-state index contributed by atoms with van der Waals surface area (Å²) < 4.78 is 10.4. The molecular weight excluding hydrogens is 1440 g/mol. The number of thioether (sulfide) groups is 1. The van der Waals surface area contributed by atoms with Crippen LogP contribution in [0.1, 0.15) is 169 Å². The molecule has 18 nitrogen and oxygen atoms in total.